The molecule has 1 heterocycles. The molecule has 4 rings (SSSR count). The number of nitrogens with zero attached hydrogens (tertiary/aromatic N) is 2. The van der Waals surface area contributed by atoms with Gasteiger partial charge in [0.15, 0.2) is 6.04 Å². The lowest BCUT2D eigenvalue weighted by molar-refractivity contribution is -0.139. The smallest absolute Gasteiger partial charge is 0.340 e. The zero-order valence-electron chi connectivity index (χ0n) is 25.4. The van der Waals surface area contributed by atoms with Gasteiger partial charge in [-0.2, -0.15) is 0 Å². The van der Waals surface area contributed by atoms with Gasteiger partial charge in [0.2, 0.25) is 5.91 Å². The number of rotatable bonds is 11. The SMILES string of the molecule is COc1cc(-c2cccc(-c3cccc(NC(=O)C4NN(C)C(=O)N(C)C4=O)c3C)c2C)cc(F)c1CNCCCC(N)=O. The summed E-state index contributed by atoms with van der Waals surface area (Å²) in [5.41, 5.74) is 13.5. The van der Waals surface area contributed by atoms with E-state index < -0.39 is 29.7 Å². The average molecular weight is 605 g/mol. The van der Waals surface area contributed by atoms with Gasteiger partial charge in [-0.05, 0) is 78.4 Å². The number of benzene rings is 3. The summed E-state index contributed by atoms with van der Waals surface area (Å²) >= 11 is 0. The van der Waals surface area contributed by atoms with E-state index in [1.54, 1.807) is 18.2 Å². The topological polar surface area (TPSA) is 146 Å². The molecule has 0 spiro atoms. The number of nitrogens with two attached hydrogens (primary N) is 1. The first kappa shape index (κ1) is 32.1. The number of hydrazine groups is 1. The summed E-state index contributed by atoms with van der Waals surface area (Å²) in [5.74, 6) is -1.65. The molecule has 0 aliphatic carbocycles. The number of methoxy groups -OCH3 is 1. The van der Waals surface area contributed by atoms with Crippen molar-refractivity contribution in [3.05, 3.63) is 71.0 Å². The van der Waals surface area contributed by atoms with E-state index in [0.29, 0.717) is 35.5 Å². The number of imide groups is 1. The largest absolute Gasteiger partial charge is 0.496 e. The lowest BCUT2D eigenvalue weighted by Crippen LogP contribution is -2.66. The van der Waals surface area contributed by atoms with Gasteiger partial charge < -0.3 is 21.1 Å². The number of urea groups is 1. The number of nitrogens with one attached hydrogen (secondary N) is 3. The number of amides is 5. The van der Waals surface area contributed by atoms with E-state index in [0.717, 1.165) is 37.7 Å². The summed E-state index contributed by atoms with van der Waals surface area (Å²) in [7, 11) is 4.25. The third kappa shape index (κ3) is 6.71. The second-order valence-electron chi connectivity index (χ2n) is 10.6. The summed E-state index contributed by atoms with van der Waals surface area (Å²) < 4.78 is 20.9. The summed E-state index contributed by atoms with van der Waals surface area (Å²) in [4.78, 5) is 49.6. The van der Waals surface area contributed by atoms with E-state index in [1.807, 2.05) is 38.1 Å². The quantitative estimate of drug-likeness (QED) is 0.194. The van der Waals surface area contributed by atoms with Crippen molar-refractivity contribution in [1.29, 1.82) is 0 Å². The van der Waals surface area contributed by atoms with Crippen LogP contribution >= 0.6 is 0 Å². The van der Waals surface area contributed by atoms with Crippen LogP contribution in [0, 0.1) is 19.7 Å². The molecule has 0 radical (unpaired) electrons. The number of hydrogen-bond donors (Lipinski definition) is 4. The first-order chi connectivity index (χ1) is 20.9. The summed E-state index contributed by atoms with van der Waals surface area (Å²) in [5, 5.41) is 7.04. The number of hydrogen-bond acceptors (Lipinski definition) is 7. The van der Waals surface area contributed by atoms with E-state index in [2.05, 4.69) is 16.1 Å². The molecule has 1 fully saturated rings. The summed E-state index contributed by atoms with van der Waals surface area (Å²) in [6, 6.07) is 12.7. The van der Waals surface area contributed by atoms with Gasteiger partial charge in [0.1, 0.15) is 11.6 Å². The highest BCUT2D eigenvalue weighted by Gasteiger charge is 2.39. The normalized spacial score (nSPS) is 15.0. The molecule has 11 nitrogen and oxygen atoms in total. The van der Waals surface area contributed by atoms with Gasteiger partial charge in [-0.1, -0.05) is 30.3 Å². The van der Waals surface area contributed by atoms with Crippen LogP contribution in [0.2, 0.25) is 0 Å². The molecule has 3 aromatic carbocycles. The Hall–Kier alpha value is -4.81. The fraction of sp³-hybridized carbons (Fsp3) is 0.312. The van der Waals surface area contributed by atoms with Gasteiger partial charge in [0.25, 0.3) is 11.8 Å². The van der Waals surface area contributed by atoms with Gasteiger partial charge in [0, 0.05) is 38.3 Å². The number of primary amides is 1. The number of halogens is 1. The molecule has 5 N–H and O–H groups in total. The van der Waals surface area contributed by atoms with Crippen molar-refractivity contribution in [2.45, 2.75) is 39.3 Å². The van der Waals surface area contributed by atoms with Crippen LogP contribution < -0.4 is 26.5 Å². The van der Waals surface area contributed by atoms with Crippen LogP contribution in [0.5, 0.6) is 5.75 Å². The molecule has 44 heavy (non-hydrogen) atoms. The predicted octanol–water partition coefficient (Wildman–Crippen LogP) is 3.48. The zero-order chi connectivity index (χ0) is 32.1. The standard InChI is InChI=1S/C32H37FN6O5/c1-18-21(20-15-25(33)24(27(16-20)44-5)17-35-14-8-13-28(34)40)9-6-10-22(18)23-11-7-12-26(19(23)2)36-30(41)29-31(42)38(3)32(43)39(4)37-29/h6-7,9-12,15-16,29,35,37H,8,13-14,17H2,1-5H3,(H2,34,40)(H,36,41). The van der Waals surface area contributed by atoms with Crippen molar-refractivity contribution < 1.29 is 28.3 Å². The van der Waals surface area contributed by atoms with E-state index in [9.17, 15) is 19.2 Å². The lowest BCUT2D eigenvalue weighted by Gasteiger charge is -2.34. The molecule has 1 aliphatic rings. The summed E-state index contributed by atoms with van der Waals surface area (Å²) in [6.45, 7) is 4.55. The van der Waals surface area contributed by atoms with Crippen LogP contribution in [0.4, 0.5) is 14.9 Å². The molecular weight excluding hydrogens is 567 g/mol. The van der Waals surface area contributed by atoms with Crippen molar-refractivity contribution in [3.8, 4) is 28.0 Å². The fourth-order valence-electron chi connectivity index (χ4n) is 5.22. The Morgan fingerprint density at radius 2 is 1.68 bits per heavy atom. The third-order valence-electron chi connectivity index (χ3n) is 7.72. The molecule has 1 aliphatic heterocycles. The second kappa shape index (κ2) is 13.7. The highest BCUT2D eigenvalue weighted by Crippen LogP contribution is 2.37. The van der Waals surface area contributed by atoms with Crippen LogP contribution in [0.15, 0.2) is 48.5 Å². The van der Waals surface area contributed by atoms with E-state index in [4.69, 9.17) is 10.5 Å². The molecule has 0 saturated carbocycles. The van der Waals surface area contributed by atoms with Gasteiger partial charge in [-0.15, -0.1) is 0 Å². The van der Waals surface area contributed by atoms with E-state index in [1.165, 1.54) is 27.3 Å². The number of carbonyl (C=O) groups is 4. The van der Waals surface area contributed by atoms with Crippen molar-refractivity contribution in [2.75, 3.05) is 33.1 Å². The predicted molar refractivity (Wildman–Crippen MR) is 165 cm³/mol. The molecule has 5 amide bonds. The van der Waals surface area contributed by atoms with Crippen LogP contribution in [0.3, 0.4) is 0 Å². The van der Waals surface area contributed by atoms with E-state index >= 15 is 4.39 Å². The molecule has 12 heteroatoms. The average Bonchev–Trinajstić information content (AvgIpc) is 2.99. The van der Waals surface area contributed by atoms with Gasteiger partial charge in [-0.3, -0.25) is 24.3 Å². The summed E-state index contributed by atoms with van der Waals surface area (Å²) in [6.07, 6.45) is 0.809. The van der Waals surface area contributed by atoms with Gasteiger partial charge >= 0.3 is 6.03 Å². The van der Waals surface area contributed by atoms with Crippen molar-refractivity contribution in [2.24, 2.45) is 5.73 Å². The molecule has 0 bridgehead atoms. The minimum Gasteiger partial charge on any atom is -0.496 e. The molecule has 1 unspecified atom stereocenters. The lowest BCUT2D eigenvalue weighted by atomic mass is 9.90. The Balaban J connectivity index is 1.60. The minimum atomic E-state index is -1.27. The molecule has 1 atom stereocenters. The highest BCUT2D eigenvalue weighted by molar-refractivity contribution is 6.15. The maximum absolute atomic E-state index is 15.4. The van der Waals surface area contributed by atoms with Crippen LogP contribution in [-0.4, -0.2) is 67.5 Å². The molecule has 232 valence electrons. The van der Waals surface area contributed by atoms with Crippen molar-refractivity contribution >= 4 is 29.4 Å². The number of likely N-dealkylation sites (N-methyl/N-ethyl adjacent to an activating group) is 1. The molecular formula is C32H37FN6O5. The Morgan fingerprint density at radius 1 is 1.02 bits per heavy atom. The Bertz CT molecular complexity index is 1610. The maximum atomic E-state index is 15.4. The van der Waals surface area contributed by atoms with Crippen LogP contribution in [-0.2, 0) is 20.9 Å². The Kier molecular flexibility index (Phi) is 9.97. The fourth-order valence-corrected chi connectivity index (χ4v) is 5.22. The maximum Gasteiger partial charge on any atom is 0.340 e. The van der Waals surface area contributed by atoms with Gasteiger partial charge in [-0.25, -0.2) is 14.6 Å². The number of anilines is 1. The Labute approximate surface area is 255 Å². The first-order valence-corrected chi connectivity index (χ1v) is 14.1. The number of carbonyl (C=O) groups excluding carboxylic acids is 4. The number of ether oxygens (including phenoxy) is 1. The van der Waals surface area contributed by atoms with Crippen LogP contribution in [0.25, 0.3) is 22.3 Å². The minimum absolute atomic E-state index is 0.232. The monoisotopic (exact) mass is 604 g/mol. The van der Waals surface area contributed by atoms with Crippen molar-refractivity contribution in [3.63, 3.8) is 0 Å². The first-order valence-electron chi connectivity index (χ1n) is 14.1. The molecule has 3 aromatic rings. The molecule has 1 saturated heterocycles. The third-order valence-corrected chi connectivity index (χ3v) is 7.72. The zero-order valence-corrected chi connectivity index (χ0v) is 25.4. The van der Waals surface area contributed by atoms with E-state index in [-0.39, 0.29) is 18.9 Å². The van der Waals surface area contributed by atoms with Crippen LogP contribution in [0.1, 0.15) is 29.5 Å². The Morgan fingerprint density at radius 3 is 2.36 bits per heavy atom. The highest BCUT2D eigenvalue weighted by atomic mass is 19.1. The molecule has 0 aromatic heterocycles. The van der Waals surface area contributed by atoms with Crippen molar-refractivity contribution in [1.82, 2.24) is 20.7 Å². The second-order valence-corrected chi connectivity index (χ2v) is 10.6. The van der Waals surface area contributed by atoms with Gasteiger partial charge in [0.05, 0.1) is 7.11 Å².